The highest BCUT2D eigenvalue weighted by molar-refractivity contribution is 6.31. The summed E-state index contributed by atoms with van der Waals surface area (Å²) in [6.45, 7) is 4.47. The maximum absolute atomic E-state index is 15.8. The molecule has 1 saturated heterocycles. The standard InChI is InChI=1S/C29H36Cl2F2N2O5/c1-28(2,3)12-24-29(15-34,18-8-7-16(30)11-20(18)32)25(17-5-4-6-19(31)26(17)33)21(13-36)35(24)10-9-22(38)27(40)23(39)14-37/h4-8,11,21-25,27,36-40H,9-10,12-14H2,1-3H3. The van der Waals surface area contributed by atoms with Gasteiger partial charge in [0.15, 0.2) is 0 Å². The minimum atomic E-state index is -1.74. The molecule has 1 aliphatic rings. The molecule has 1 aliphatic heterocycles. The molecule has 0 amide bonds. The van der Waals surface area contributed by atoms with Crippen molar-refractivity contribution in [2.24, 2.45) is 5.41 Å². The van der Waals surface area contributed by atoms with Gasteiger partial charge in [-0.05, 0) is 42.0 Å². The Kier molecular flexibility index (Phi) is 10.6. The van der Waals surface area contributed by atoms with Crippen molar-refractivity contribution in [2.75, 3.05) is 19.8 Å². The van der Waals surface area contributed by atoms with Gasteiger partial charge in [0.05, 0.1) is 30.4 Å². The molecular weight excluding hydrogens is 565 g/mol. The quantitative estimate of drug-likeness (QED) is 0.281. The van der Waals surface area contributed by atoms with Crippen molar-refractivity contribution in [1.82, 2.24) is 4.90 Å². The van der Waals surface area contributed by atoms with E-state index in [4.69, 9.17) is 23.2 Å². The van der Waals surface area contributed by atoms with Crippen LogP contribution < -0.4 is 0 Å². The molecule has 7 nitrogen and oxygen atoms in total. The molecule has 1 fully saturated rings. The van der Waals surface area contributed by atoms with Crippen LogP contribution in [0, 0.1) is 28.4 Å². The van der Waals surface area contributed by atoms with Crippen molar-refractivity contribution >= 4 is 23.2 Å². The normalized spacial score (nSPS) is 25.9. The van der Waals surface area contributed by atoms with Crippen molar-refractivity contribution in [3.05, 3.63) is 69.2 Å². The van der Waals surface area contributed by atoms with Gasteiger partial charge in [-0.2, -0.15) is 5.26 Å². The van der Waals surface area contributed by atoms with Gasteiger partial charge in [0.1, 0.15) is 29.3 Å². The van der Waals surface area contributed by atoms with Crippen LogP contribution in [0.25, 0.3) is 0 Å². The first-order valence-electron chi connectivity index (χ1n) is 13.1. The first-order valence-corrected chi connectivity index (χ1v) is 13.8. The number of halogens is 4. The zero-order chi connectivity index (χ0) is 30.0. The summed E-state index contributed by atoms with van der Waals surface area (Å²) in [6, 6.07) is 8.87. The largest absolute Gasteiger partial charge is 0.395 e. The lowest BCUT2D eigenvalue weighted by molar-refractivity contribution is -0.0815. The van der Waals surface area contributed by atoms with Crippen molar-refractivity contribution in [1.29, 1.82) is 5.26 Å². The fourth-order valence-corrected chi connectivity index (χ4v) is 6.33. The summed E-state index contributed by atoms with van der Waals surface area (Å²) in [4.78, 5) is 1.74. The summed E-state index contributed by atoms with van der Waals surface area (Å²) >= 11 is 12.2. The Balaban J connectivity index is 2.29. The third-order valence-electron chi connectivity index (χ3n) is 7.76. The van der Waals surface area contributed by atoms with E-state index >= 15 is 8.78 Å². The monoisotopic (exact) mass is 600 g/mol. The Bertz CT molecular complexity index is 1220. The molecule has 5 N–H and O–H groups in total. The predicted molar refractivity (Wildman–Crippen MR) is 148 cm³/mol. The predicted octanol–water partition coefficient (Wildman–Crippen LogP) is 3.76. The summed E-state index contributed by atoms with van der Waals surface area (Å²) < 4.78 is 31.4. The Morgan fingerprint density at radius 3 is 2.30 bits per heavy atom. The topological polar surface area (TPSA) is 128 Å². The molecule has 7 atom stereocenters. The van der Waals surface area contributed by atoms with E-state index in [0.29, 0.717) is 6.42 Å². The summed E-state index contributed by atoms with van der Waals surface area (Å²) in [5.74, 6) is -2.66. The second-order valence-electron chi connectivity index (χ2n) is 11.6. The lowest BCUT2D eigenvalue weighted by atomic mass is 9.62. The number of likely N-dealkylation sites (tertiary alicyclic amines) is 1. The number of nitriles is 1. The van der Waals surface area contributed by atoms with Crippen LogP contribution in [0.3, 0.4) is 0 Å². The molecule has 0 aromatic heterocycles. The van der Waals surface area contributed by atoms with Gasteiger partial charge in [-0.25, -0.2) is 8.78 Å². The van der Waals surface area contributed by atoms with Crippen LogP contribution in [0.1, 0.15) is 50.7 Å². The maximum Gasteiger partial charge on any atom is 0.145 e. The Morgan fingerprint density at radius 2 is 1.75 bits per heavy atom. The van der Waals surface area contributed by atoms with Crippen LogP contribution in [0.15, 0.2) is 36.4 Å². The van der Waals surface area contributed by atoms with Crippen LogP contribution in [-0.2, 0) is 5.41 Å². The minimum Gasteiger partial charge on any atom is -0.395 e. The SMILES string of the molecule is CC(C)(C)CC1N(CCC(O)C(O)C(O)CO)C(CO)C(c2cccc(Cl)c2F)C1(C#N)c1ccc(Cl)cc1F. The fourth-order valence-electron chi connectivity index (χ4n) is 5.99. The van der Waals surface area contributed by atoms with Gasteiger partial charge in [0.2, 0.25) is 0 Å². The van der Waals surface area contributed by atoms with Crippen LogP contribution in [0.5, 0.6) is 0 Å². The number of nitrogens with zero attached hydrogens (tertiary/aromatic N) is 2. The lowest BCUT2D eigenvalue weighted by Crippen LogP contribution is -2.48. The number of rotatable bonds is 10. The maximum atomic E-state index is 15.8. The molecule has 11 heteroatoms. The molecule has 0 saturated carbocycles. The molecule has 0 radical (unpaired) electrons. The van der Waals surface area contributed by atoms with E-state index in [0.717, 1.165) is 6.07 Å². The molecule has 3 rings (SSSR count). The van der Waals surface area contributed by atoms with E-state index in [9.17, 15) is 30.8 Å². The van der Waals surface area contributed by atoms with Crippen LogP contribution >= 0.6 is 23.2 Å². The molecule has 2 aromatic rings. The van der Waals surface area contributed by atoms with Crippen molar-refractivity contribution < 1.29 is 34.3 Å². The molecule has 1 heterocycles. The van der Waals surface area contributed by atoms with Gasteiger partial charge in [0.25, 0.3) is 0 Å². The van der Waals surface area contributed by atoms with Crippen LogP contribution in [-0.4, -0.2) is 80.6 Å². The van der Waals surface area contributed by atoms with E-state index < -0.39 is 72.0 Å². The van der Waals surface area contributed by atoms with Gasteiger partial charge in [0, 0.05) is 35.1 Å². The average Bonchev–Trinajstić information content (AvgIpc) is 3.15. The average molecular weight is 602 g/mol. The molecule has 220 valence electrons. The number of hydrogen-bond acceptors (Lipinski definition) is 7. The summed E-state index contributed by atoms with van der Waals surface area (Å²) in [7, 11) is 0. The van der Waals surface area contributed by atoms with Gasteiger partial charge < -0.3 is 25.5 Å². The van der Waals surface area contributed by atoms with Crippen molar-refractivity contribution in [2.45, 2.75) is 75.3 Å². The molecule has 0 aliphatic carbocycles. The first-order chi connectivity index (χ1) is 18.7. The number of aliphatic hydroxyl groups is 5. The zero-order valence-electron chi connectivity index (χ0n) is 22.6. The smallest absolute Gasteiger partial charge is 0.145 e. The number of hydrogen-bond donors (Lipinski definition) is 5. The number of aliphatic hydroxyl groups excluding tert-OH is 5. The van der Waals surface area contributed by atoms with Crippen LogP contribution in [0.2, 0.25) is 10.0 Å². The van der Waals surface area contributed by atoms with Crippen molar-refractivity contribution in [3.8, 4) is 6.07 Å². The third-order valence-corrected chi connectivity index (χ3v) is 8.28. The zero-order valence-corrected chi connectivity index (χ0v) is 24.1. The fraction of sp³-hybridized carbons (Fsp3) is 0.552. The summed E-state index contributed by atoms with van der Waals surface area (Å²) in [5, 5.41) is 61.4. The first kappa shape index (κ1) is 32.6. The van der Waals surface area contributed by atoms with Gasteiger partial charge in [-0.1, -0.05) is 62.2 Å². The van der Waals surface area contributed by atoms with E-state index in [2.05, 4.69) is 6.07 Å². The van der Waals surface area contributed by atoms with Crippen molar-refractivity contribution in [3.63, 3.8) is 0 Å². The van der Waals surface area contributed by atoms with Crippen LogP contribution in [0.4, 0.5) is 8.78 Å². The lowest BCUT2D eigenvalue weighted by Gasteiger charge is -2.40. The molecule has 2 aromatic carbocycles. The van der Waals surface area contributed by atoms with Gasteiger partial charge in [-0.15, -0.1) is 0 Å². The second kappa shape index (κ2) is 13.0. The van der Waals surface area contributed by atoms with Gasteiger partial charge >= 0.3 is 0 Å². The number of benzene rings is 2. The molecule has 40 heavy (non-hydrogen) atoms. The highest BCUT2D eigenvalue weighted by atomic mass is 35.5. The molecule has 0 bridgehead atoms. The highest BCUT2D eigenvalue weighted by Gasteiger charge is 2.62. The van der Waals surface area contributed by atoms with E-state index in [1.54, 1.807) is 4.90 Å². The highest BCUT2D eigenvalue weighted by Crippen LogP contribution is 2.56. The Labute approximate surface area is 243 Å². The molecule has 0 spiro atoms. The third kappa shape index (κ3) is 6.30. The Hall–Kier alpha value is -1.87. The summed E-state index contributed by atoms with van der Waals surface area (Å²) in [5.41, 5.74) is -2.16. The van der Waals surface area contributed by atoms with E-state index in [1.165, 1.54) is 30.3 Å². The molecular formula is C29H36Cl2F2N2O5. The van der Waals surface area contributed by atoms with E-state index in [1.807, 2.05) is 20.8 Å². The summed E-state index contributed by atoms with van der Waals surface area (Å²) in [6.07, 6.45) is -4.54. The van der Waals surface area contributed by atoms with Gasteiger partial charge in [-0.3, -0.25) is 4.90 Å². The van der Waals surface area contributed by atoms with E-state index in [-0.39, 0.29) is 34.1 Å². The Morgan fingerprint density at radius 1 is 1.07 bits per heavy atom. The minimum absolute atomic E-state index is 0.0142. The second-order valence-corrected chi connectivity index (χ2v) is 12.4. The molecule has 7 unspecified atom stereocenters.